The summed E-state index contributed by atoms with van der Waals surface area (Å²) in [6.07, 6.45) is 0. The molecule has 1 N–H and O–H groups in total. The second-order valence-corrected chi connectivity index (χ2v) is 8.69. The summed E-state index contributed by atoms with van der Waals surface area (Å²) in [4.78, 5) is 14.4. The number of nitrogens with zero attached hydrogens (tertiary/aromatic N) is 2. The van der Waals surface area contributed by atoms with Crippen molar-refractivity contribution in [3.05, 3.63) is 57.4 Å². The molecule has 2 aromatic heterocycles. The minimum absolute atomic E-state index is 0.154. The van der Waals surface area contributed by atoms with Crippen molar-refractivity contribution < 1.29 is 14.3 Å². The lowest BCUT2D eigenvalue weighted by molar-refractivity contribution is 0.103. The molecule has 0 aliphatic heterocycles. The van der Waals surface area contributed by atoms with Crippen LogP contribution < -0.4 is 14.8 Å². The van der Waals surface area contributed by atoms with Crippen LogP contribution in [0.15, 0.2) is 46.9 Å². The summed E-state index contributed by atoms with van der Waals surface area (Å²) in [5.74, 6) is 1.13. The van der Waals surface area contributed by atoms with Crippen LogP contribution in [-0.4, -0.2) is 29.9 Å². The van der Waals surface area contributed by atoms with Gasteiger partial charge in [0.15, 0.2) is 11.5 Å². The van der Waals surface area contributed by atoms with E-state index in [9.17, 15) is 4.79 Å². The molecule has 0 saturated carbocycles. The molecule has 6 nitrogen and oxygen atoms in total. The van der Waals surface area contributed by atoms with Gasteiger partial charge in [-0.3, -0.25) is 9.48 Å². The predicted molar refractivity (Wildman–Crippen MR) is 124 cm³/mol. The number of benzene rings is 2. The van der Waals surface area contributed by atoms with Gasteiger partial charge in [-0.25, -0.2) is 0 Å². The Bertz CT molecular complexity index is 1260. The third kappa shape index (κ3) is 3.68. The summed E-state index contributed by atoms with van der Waals surface area (Å²) in [5, 5.41) is 8.54. The lowest BCUT2D eigenvalue weighted by Crippen LogP contribution is -2.10. The van der Waals surface area contributed by atoms with E-state index in [0.29, 0.717) is 16.4 Å². The van der Waals surface area contributed by atoms with Crippen LogP contribution in [0.1, 0.15) is 15.2 Å². The van der Waals surface area contributed by atoms with Crippen LogP contribution in [0, 0.1) is 6.92 Å². The fraction of sp³-hybridized carbons (Fsp3) is 0.182. The van der Waals surface area contributed by atoms with Gasteiger partial charge in [0.05, 0.1) is 24.8 Å². The van der Waals surface area contributed by atoms with E-state index < -0.39 is 0 Å². The maximum Gasteiger partial charge on any atom is 0.265 e. The van der Waals surface area contributed by atoms with Gasteiger partial charge in [-0.05, 0) is 64.8 Å². The number of hydrogen-bond donors (Lipinski definition) is 1. The highest BCUT2D eigenvalue weighted by Crippen LogP contribution is 2.37. The van der Waals surface area contributed by atoms with Gasteiger partial charge >= 0.3 is 0 Å². The first-order valence-corrected chi connectivity index (χ1v) is 10.8. The summed E-state index contributed by atoms with van der Waals surface area (Å²) in [7, 11) is 5.08. The molecule has 2 aromatic carbocycles. The predicted octanol–water partition coefficient (Wildman–Crippen LogP) is 5.64. The van der Waals surface area contributed by atoms with Gasteiger partial charge in [0.2, 0.25) is 0 Å². The standard InChI is InChI=1S/C22H20BrN3O3S/c1-12-5-7-16(15(23)9-12)24-21(27)19-11-14-20(25-26(2)22(14)30-19)13-6-8-17(28-3)18(10-13)29-4/h5-11H,1-4H3,(H,24,27). The first-order valence-electron chi connectivity index (χ1n) is 9.17. The zero-order chi connectivity index (χ0) is 21.4. The van der Waals surface area contributed by atoms with E-state index in [1.165, 1.54) is 11.3 Å². The molecular weight excluding hydrogens is 466 g/mol. The van der Waals surface area contributed by atoms with Crippen molar-refractivity contribution in [2.75, 3.05) is 19.5 Å². The van der Waals surface area contributed by atoms with E-state index in [0.717, 1.165) is 37.2 Å². The lowest BCUT2D eigenvalue weighted by atomic mass is 10.1. The largest absolute Gasteiger partial charge is 0.493 e. The summed E-state index contributed by atoms with van der Waals surface area (Å²) in [6, 6.07) is 13.4. The summed E-state index contributed by atoms with van der Waals surface area (Å²) < 4.78 is 13.4. The van der Waals surface area contributed by atoms with E-state index in [1.807, 2.05) is 56.4 Å². The van der Waals surface area contributed by atoms with Crippen molar-refractivity contribution in [1.82, 2.24) is 9.78 Å². The van der Waals surface area contributed by atoms with Gasteiger partial charge in [-0.1, -0.05) is 6.07 Å². The minimum atomic E-state index is -0.154. The Morgan fingerprint density at radius 2 is 1.87 bits per heavy atom. The highest BCUT2D eigenvalue weighted by atomic mass is 79.9. The van der Waals surface area contributed by atoms with E-state index in [4.69, 9.17) is 9.47 Å². The number of ether oxygens (including phenoxy) is 2. The average Bonchev–Trinajstić information content (AvgIpc) is 3.30. The van der Waals surface area contributed by atoms with Crippen molar-refractivity contribution in [3.8, 4) is 22.8 Å². The number of carbonyl (C=O) groups excluding carboxylic acids is 1. The topological polar surface area (TPSA) is 65.4 Å². The molecule has 1 amide bonds. The fourth-order valence-electron chi connectivity index (χ4n) is 3.25. The Hall–Kier alpha value is -2.84. The van der Waals surface area contributed by atoms with Gasteiger partial charge in [0, 0.05) is 22.5 Å². The molecule has 4 aromatic rings. The summed E-state index contributed by atoms with van der Waals surface area (Å²) in [6.45, 7) is 2.01. The molecule has 2 heterocycles. The third-order valence-electron chi connectivity index (χ3n) is 4.77. The van der Waals surface area contributed by atoms with Crippen molar-refractivity contribution in [2.45, 2.75) is 6.92 Å². The molecule has 0 bridgehead atoms. The van der Waals surface area contributed by atoms with Gasteiger partial charge in [-0.2, -0.15) is 5.10 Å². The van der Waals surface area contributed by atoms with Crippen LogP contribution in [0.5, 0.6) is 11.5 Å². The molecule has 0 saturated heterocycles. The number of aromatic nitrogens is 2. The molecule has 8 heteroatoms. The first kappa shape index (κ1) is 20.4. The molecule has 154 valence electrons. The van der Waals surface area contributed by atoms with E-state index in [-0.39, 0.29) is 5.91 Å². The monoisotopic (exact) mass is 485 g/mol. The Kier molecular flexibility index (Phi) is 5.53. The number of fused-ring (bicyclic) bond motifs is 1. The molecule has 4 rings (SSSR count). The molecule has 0 radical (unpaired) electrons. The third-order valence-corrected chi connectivity index (χ3v) is 6.62. The minimum Gasteiger partial charge on any atom is -0.493 e. The number of aryl methyl sites for hydroxylation is 2. The zero-order valence-electron chi connectivity index (χ0n) is 16.9. The van der Waals surface area contributed by atoms with Crippen molar-refractivity contribution in [3.63, 3.8) is 0 Å². The molecule has 0 fully saturated rings. The Labute approximate surface area is 186 Å². The molecule has 0 spiro atoms. The number of carbonyl (C=O) groups is 1. The van der Waals surface area contributed by atoms with Crippen LogP contribution in [0.3, 0.4) is 0 Å². The maximum absolute atomic E-state index is 12.9. The second kappa shape index (κ2) is 8.12. The summed E-state index contributed by atoms with van der Waals surface area (Å²) >= 11 is 4.92. The smallest absolute Gasteiger partial charge is 0.265 e. The highest BCUT2D eigenvalue weighted by molar-refractivity contribution is 9.10. The number of nitrogens with one attached hydrogen (secondary N) is 1. The number of halogens is 1. The Morgan fingerprint density at radius 3 is 2.57 bits per heavy atom. The van der Waals surface area contributed by atoms with Crippen LogP contribution in [-0.2, 0) is 7.05 Å². The van der Waals surface area contributed by atoms with Crippen molar-refractivity contribution in [2.24, 2.45) is 7.05 Å². The van der Waals surface area contributed by atoms with Crippen LogP contribution >= 0.6 is 27.3 Å². The quantitative estimate of drug-likeness (QED) is 0.397. The highest BCUT2D eigenvalue weighted by Gasteiger charge is 2.19. The van der Waals surface area contributed by atoms with E-state index in [1.54, 1.807) is 18.9 Å². The van der Waals surface area contributed by atoms with E-state index in [2.05, 4.69) is 26.3 Å². The Morgan fingerprint density at radius 1 is 1.10 bits per heavy atom. The van der Waals surface area contributed by atoms with E-state index >= 15 is 0 Å². The average molecular weight is 486 g/mol. The number of methoxy groups -OCH3 is 2. The molecule has 30 heavy (non-hydrogen) atoms. The first-order chi connectivity index (χ1) is 14.4. The van der Waals surface area contributed by atoms with Crippen LogP contribution in [0.4, 0.5) is 5.69 Å². The van der Waals surface area contributed by atoms with Gasteiger partial charge in [0.1, 0.15) is 10.5 Å². The Balaban J connectivity index is 1.71. The number of amides is 1. The molecular formula is C22H20BrN3O3S. The SMILES string of the molecule is COc1ccc(-c2nn(C)c3sc(C(=O)Nc4ccc(C)cc4Br)cc23)cc1OC. The van der Waals surface area contributed by atoms with Crippen molar-refractivity contribution in [1.29, 1.82) is 0 Å². The van der Waals surface area contributed by atoms with Gasteiger partial charge in [0.25, 0.3) is 5.91 Å². The molecule has 0 aliphatic rings. The van der Waals surface area contributed by atoms with Crippen LogP contribution in [0.2, 0.25) is 0 Å². The fourth-order valence-corrected chi connectivity index (χ4v) is 4.81. The number of hydrogen-bond acceptors (Lipinski definition) is 5. The molecule has 0 unspecified atom stereocenters. The number of thiophene rings is 1. The normalized spacial score (nSPS) is 11.0. The molecule has 0 aliphatic carbocycles. The lowest BCUT2D eigenvalue weighted by Gasteiger charge is -2.08. The summed E-state index contributed by atoms with van der Waals surface area (Å²) in [5.41, 5.74) is 3.54. The van der Waals surface area contributed by atoms with Crippen molar-refractivity contribution >= 4 is 49.1 Å². The van der Waals surface area contributed by atoms with Gasteiger partial charge < -0.3 is 14.8 Å². The number of rotatable bonds is 5. The van der Waals surface area contributed by atoms with Crippen LogP contribution in [0.25, 0.3) is 21.5 Å². The number of anilines is 1. The maximum atomic E-state index is 12.9. The molecule has 0 atom stereocenters. The van der Waals surface area contributed by atoms with Gasteiger partial charge in [-0.15, -0.1) is 11.3 Å². The second-order valence-electron chi connectivity index (χ2n) is 6.81. The zero-order valence-corrected chi connectivity index (χ0v) is 19.3.